The molecule has 0 aliphatic carbocycles. The molecule has 23 fully saturated rings. The van der Waals surface area contributed by atoms with Gasteiger partial charge in [0, 0.05) is 5.92 Å². The van der Waals surface area contributed by atoms with Crippen molar-refractivity contribution in [3.63, 3.8) is 0 Å². The van der Waals surface area contributed by atoms with Crippen LogP contribution in [0.4, 0.5) is 0 Å². The van der Waals surface area contributed by atoms with Crippen LogP contribution in [-0.4, -0.2) is 467 Å². The fourth-order valence-corrected chi connectivity index (χ4v) is 13.8. The highest BCUT2D eigenvalue weighted by molar-refractivity contribution is 5.73. The normalized spacial score (nSPS) is 54.6. The standard InChI is InChI=1S/C55H90O45/c56-2-12-10-1-11-21(64)23(66)39(13(3-57)85-11)93-50-34(77)28(71)44(18(8-62)88-50)97-54-38(81)30(73)45(19(92-54)9-84-48-33(76)25(68)40(14(4-58)87-48)98-55-32(75)22(65)24(67)46(100-55)47(82)83)99-53-37(80)29(72)43(17(7-61)91-53)96-52-36(79)27(70)42(16(6-60)90-52)95-51-35(78)26(69)41(15(5-59)89-51)94-49(86-12)31(74)20(10)63/h10-46,48-81H,1-9H2,(H,82,83)/t10?,11?,12-,13-,14-,15-,16-,17-,18-,19-,20+,21+,22+,23-,24+,25-,26-,27-,28-,29-,30-,31-,32-,33-,34-,35-,36-,37-,38-,39?,40-,41?,42-,43-,44-,45-,46+,48-,49-,50-,51-,52-,53?,54-,55-/m1/s1. The molecular formula is C55H90O45. The van der Waals surface area contributed by atoms with Crippen molar-refractivity contribution >= 4 is 5.97 Å². The number of rotatable bonds is 13. The summed E-state index contributed by atoms with van der Waals surface area (Å²) in [6.45, 7) is -8.85. The van der Waals surface area contributed by atoms with E-state index in [9.17, 15) is 143 Å². The van der Waals surface area contributed by atoms with Crippen molar-refractivity contribution in [3.05, 3.63) is 0 Å². The number of hydrogen-bond acceptors (Lipinski definition) is 44. The molecule has 14 bridgehead atoms. The van der Waals surface area contributed by atoms with Crippen LogP contribution in [0.3, 0.4) is 0 Å². The summed E-state index contributed by atoms with van der Waals surface area (Å²) < 4.78 is 97.7. The average Bonchev–Trinajstić information content (AvgIpc) is 0.780. The van der Waals surface area contributed by atoms with Gasteiger partial charge in [0.2, 0.25) is 0 Å². The molecule has 0 amide bonds. The minimum atomic E-state index is -2.44. The average molecular weight is 1470 g/mol. The molecule has 23 heterocycles. The Balaban J connectivity index is 0.938. The molecular weight excluding hydrogens is 1380 g/mol. The molecule has 23 saturated heterocycles. The van der Waals surface area contributed by atoms with Gasteiger partial charge in [-0.1, -0.05) is 0 Å². The molecule has 100 heavy (non-hydrogen) atoms. The zero-order valence-corrected chi connectivity index (χ0v) is 52.3. The Morgan fingerprint density at radius 3 is 0.950 bits per heavy atom. The van der Waals surface area contributed by atoms with E-state index in [2.05, 4.69) is 0 Å². The largest absolute Gasteiger partial charge is 0.479 e. The van der Waals surface area contributed by atoms with Gasteiger partial charge < -0.3 is 218 Å². The second-order valence-electron chi connectivity index (χ2n) is 25.8. The van der Waals surface area contributed by atoms with Crippen LogP contribution in [0, 0.1) is 5.92 Å². The zero-order chi connectivity index (χ0) is 72.9. The van der Waals surface area contributed by atoms with Crippen LogP contribution in [-0.2, 0) is 85.3 Å². The van der Waals surface area contributed by atoms with Gasteiger partial charge >= 0.3 is 5.97 Å². The summed E-state index contributed by atoms with van der Waals surface area (Å²) >= 11 is 0. The van der Waals surface area contributed by atoms with Crippen molar-refractivity contribution in [2.24, 2.45) is 5.92 Å². The van der Waals surface area contributed by atoms with Gasteiger partial charge in [-0.25, -0.2) is 4.79 Å². The van der Waals surface area contributed by atoms with Crippen LogP contribution in [0.5, 0.6) is 0 Å². The third kappa shape index (κ3) is 15.9. The predicted octanol–water partition coefficient (Wildman–Crippen LogP) is -18.8. The topological polar surface area (TPSA) is 720 Å². The van der Waals surface area contributed by atoms with Gasteiger partial charge in [0.25, 0.3) is 0 Å². The number of aliphatic hydroxyl groups is 26. The van der Waals surface area contributed by atoms with Crippen LogP contribution in [0.15, 0.2) is 0 Å². The number of hydrogen-bond donors (Lipinski definition) is 27. The van der Waals surface area contributed by atoms with E-state index in [4.69, 9.17) is 80.5 Å². The van der Waals surface area contributed by atoms with Gasteiger partial charge in [-0.2, -0.15) is 0 Å². The van der Waals surface area contributed by atoms with Crippen molar-refractivity contribution in [2.45, 2.75) is 276 Å². The maximum atomic E-state index is 12.0. The highest BCUT2D eigenvalue weighted by atomic mass is 16.8. The van der Waals surface area contributed by atoms with Gasteiger partial charge in [-0.05, 0) is 6.42 Å². The smallest absolute Gasteiger partial charge is 0.335 e. The van der Waals surface area contributed by atoms with Crippen LogP contribution < -0.4 is 0 Å². The van der Waals surface area contributed by atoms with E-state index in [-0.39, 0.29) is 0 Å². The second-order valence-corrected chi connectivity index (χ2v) is 25.8. The molecule has 23 aliphatic heterocycles. The van der Waals surface area contributed by atoms with E-state index >= 15 is 0 Å². The lowest BCUT2D eigenvalue weighted by molar-refractivity contribution is -0.399. The Kier molecular flexibility index (Phi) is 27.2. The number of ether oxygens (including phenoxy) is 17. The highest BCUT2D eigenvalue weighted by Crippen LogP contribution is 2.41. The Morgan fingerprint density at radius 1 is 0.280 bits per heavy atom. The number of carboxylic acids is 1. The summed E-state index contributed by atoms with van der Waals surface area (Å²) in [5, 5.41) is 300. The van der Waals surface area contributed by atoms with Gasteiger partial charge in [0.15, 0.2) is 56.4 Å². The molecule has 0 aromatic rings. The van der Waals surface area contributed by atoms with Crippen molar-refractivity contribution in [3.8, 4) is 0 Å². The van der Waals surface area contributed by atoms with Crippen LogP contribution in [0.1, 0.15) is 6.42 Å². The lowest BCUT2D eigenvalue weighted by Crippen LogP contribution is -2.68. The van der Waals surface area contributed by atoms with E-state index in [1.54, 1.807) is 0 Å². The SMILES string of the molecule is O=C(O)[C@H]1O[C@@H](O[C@H]2[C@H](O)[C@@H](O)[C@H](OC[C@H]3O[C@@H]4O[C@H]5[C@H](O)[C@@H](O)[C@@H](OC6[C@@H](CO)OC(CC7[C@@H](CO)O[C@H](OC8[C@@H](CO)O[C@H](O[C@H]9[C@H](O)[C@@H](O)[C@@H](O[C@H]%10[C@H](O)[C@@H](O)C(O[C@H]3[C@H](O)[C@H]4O)O[C@@H]%10CO)O[C@@H]9CO)[C@H](O)[C@H]8O)[C@H](O)[C@H]7O)[C@H](O)[C@H]6O)O[C@@H]5CO)O[C@@H]2CO)[C@H](O)[C@@H](O)[C@@H]1O. The van der Waals surface area contributed by atoms with Crippen molar-refractivity contribution < 1.29 is 223 Å². The van der Waals surface area contributed by atoms with Gasteiger partial charge in [-0.3, -0.25) is 0 Å². The summed E-state index contributed by atoms with van der Waals surface area (Å²) in [6, 6.07) is 0. The Morgan fingerprint density at radius 2 is 0.590 bits per heavy atom. The molecule has 45 nitrogen and oxygen atoms in total. The van der Waals surface area contributed by atoms with E-state index in [1.165, 1.54) is 0 Å². The molecule has 45 heteroatoms. The molecule has 45 atom stereocenters. The third-order valence-electron chi connectivity index (χ3n) is 19.5. The van der Waals surface area contributed by atoms with Gasteiger partial charge in [0.05, 0.1) is 71.2 Å². The number of carboxylic acid groups (broad SMARTS) is 1. The summed E-state index contributed by atoms with van der Waals surface area (Å²) in [4.78, 5) is 11.8. The van der Waals surface area contributed by atoms with E-state index < -0.39 is 341 Å². The van der Waals surface area contributed by atoms with Crippen LogP contribution >= 0.6 is 0 Å². The Hall–Kier alpha value is -2.25. The number of aliphatic hydroxyl groups excluding tert-OH is 26. The Bertz CT molecular complexity index is 2540. The quantitative estimate of drug-likeness (QED) is 0.0814. The fraction of sp³-hybridized carbons (Fsp3) is 0.982. The summed E-state index contributed by atoms with van der Waals surface area (Å²) in [5.74, 6) is -3.28. The molecule has 0 aromatic heterocycles. The van der Waals surface area contributed by atoms with Gasteiger partial charge in [0.1, 0.15) is 195 Å². The molecule has 27 N–H and O–H groups in total. The zero-order valence-electron chi connectivity index (χ0n) is 52.3. The molecule has 0 spiro atoms. The molecule has 0 saturated carbocycles. The maximum Gasteiger partial charge on any atom is 0.335 e. The third-order valence-corrected chi connectivity index (χ3v) is 19.5. The minimum Gasteiger partial charge on any atom is -0.479 e. The summed E-state index contributed by atoms with van der Waals surface area (Å²) in [5.41, 5.74) is 0. The lowest BCUT2D eigenvalue weighted by atomic mass is 9.81. The fourth-order valence-electron chi connectivity index (χ4n) is 13.8. The van der Waals surface area contributed by atoms with E-state index in [1.807, 2.05) is 0 Å². The van der Waals surface area contributed by atoms with Crippen LogP contribution in [0.2, 0.25) is 0 Å². The first-order valence-corrected chi connectivity index (χ1v) is 32.0. The van der Waals surface area contributed by atoms with E-state index in [0.717, 1.165) is 0 Å². The summed E-state index contributed by atoms with van der Waals surface area (Å²) in [6.07, 6.45) is -93.4. The maximum absolute atomic E-state index is 12.0. The van der Waals surface area contributed by atoms with Gasteiger partial charge in [-0.15, -0.1) is 0 Å². The van der Waals surface area contributed by atoms with Crippen molar-refractivity contribution in [1.82, 2.24) is 0 Å². The Labute approximate surface area is 563 Å². The van der Waals surface area contributed by atoms with E-state index in [0.29, 0.717) is 0 Å². The molecule has 5 unspecified atom stereocenters. The lowest BCUT2D eigenvalue weighted by Gasteiger charge is -2.50. The highest BCUT2D eigenvalue weighted by Gasteiger charge is 2.61. The molecule has 0 aromatic carbocycles. The molecule has 0 radical (unpaired) electrons. The molecule has 580 valence electrons. The van der Waals surface area contributed by atoms with Crippen molar-refractivity contribution in [2.75, 3.05) is 52.9 Å². The number of aliphatic carboxylic acids is 1. The monoisotopic (exact) mass is 1470 g/mol. The first-order valence-electron chi connectivity index (χ1n) is 32.0. The first-order chi connectivity index (χ1) is 47.5. The minimum absolute atomic E-state index is 0.613. The first kappa shape index (κ1) is 80.3. The van der Waals surface area contributed by atoms with Crippen LogP contribution in [0.25, 0.3) is 0 Å². The van der Waals surface area contributed by atoms with Crippen molar-refractivity contribution in [1.29, 1.82) is 0 Å². The summed E-state index contributed by atoms with van der Waals surface area (Å²) in [7, 11) is 0. The molecule has 23 rings (SSSR count). The second kappa shape index (κ2) is 33.9. The molecule has 23 aliphatic rings. The number of carbonyl (C=O) groups is 1. The predicted molar refractivity (Wildman–Crippen MR) is 297 cm³/mol.